The number of hydrogen-bond acceptors (Lipinski definition) is 0. The van der Waals surface area contributed by atoms with E-state index >= 15 is 0 Å². The Bertz CT molecular complexity index is 2990. The summed E-state index contributed by atoms with van der Waals surface area (Å²) in [5, 5.41) is 5.82. The molecule has 2 radical (unpaired) electrons. The van der Waals surface area contributed by atoms with Crippen molar-refractivity contribution in [1.82, 2.24) is 0 Å². The fourth-order valence-electron chi connectivity index (χ4n) is 9.22. The van der Waals surface area contributed by atoms with Gasteiger partial charge in [0.15, 0.2) is 0 Å². The van der Waals surface area contributed by atoms with E-state index < -0.39 is 67.8 Å². The van der Waals surface area contributed by atoms with Crippen molar-refractivity contribution in [3.63, 3.8) is 0 Å². The minimum atomic E-state index is -4.88. The topological polar surface area (TPSA) is 0 Å². The smallest absolute Gasteiger partial charge is 0.0920 e. The molecule has 0 aliphatic carbocycles. The minimum absolute atomic E-state index is 0.0623. The molecule has 9 rings (SSSR count). The van der Waals surface area contributed by atoms with Gasteiger partial charge in [-0.05, 0) is 71.2 Å². The van der Waals surface area contributed by atoms with Crippen LogP contribution >= 0.6 is 17.0 Å². The summed E-state index contributed by atoms with van der Waals surface area (Å²) < 4.78 is 161. The largest absolute Gasteiger partial charge is 0.184 e. The van der Waals surface area contributed by atoms with E-state index in [9.17, 15) is 52.7 Å². The molecule has 8 aromatic carbocycles. The maximum absolute atomic E-state index is 13.4. The fourth-order valence-corrected chi connectivity index (χ4v) is 10.5. The fraction of sp³-hybridized carbons (Fsp3) is 0.300. The zero-order valence-corrected chi connectivity index (χ0v) is 47.6. The molecule has 402 valence electrons. The van der Waals surface area contributed by atoms with Gasteiger partial charge in [-0.15, -0.1) is 74.6 Å². The van der Waals surface area contributed by atoms with Crippen LogP contribution in [0.5, 0.6) is 0 Å². The molecule has 1 heterocycles. The normalized spacial score (nSPS) is 13.3. The van der Waals surface area contributed by atoms with Crippen molar-refractivity contribution in [2.75, 3.05) is 0 Å². The van der Waals surface area contributed by atoms with Gasteiger partial charge in [0.25, 0.3) is 0 Å². The molecule has 0 amide bonds. The predicted octanol–water partition coefficient (Wildman–Crippen LogP) is 20.3. The predicted molar refractivity (Wildman–Crippen MR) is 283 cm³/mol. The van der Waals surface area contributed by atoms with Crippen molar-refractivity contribution in [3.05, 3.63) is 178 Å². The number of fused-ring (bicyclic) bond motifs is 5. The van der Waals surface area contributed by atoms with E-state index in [0.29, 0.717) is 21.9 Å². The zero-order chi connectivity index (χ0) is 56.2. The average molecular weight is 1190 g/mol. The molecule has 8 aromatic rings. The second-order valence-corrected chi connectivity index (χ2v) is 24.4. The van der Waals surface area contributed by atoms with Crippen molar-refractivity contribution >= 4 is 58.5 Å². The molecule has 0 saturated carbocycles. The first kappa shape index (κ1) is 60.6. The summed E-state index contributed by atoms with van der Waals surface area (Å²) in [7, 11) is 10.7. The monoisotopic (exact) mass is 1190 g/mol. The SMILES string of the molecule is CCC(C)c1cc2c(-c3cc(C(F)(F)F)cc(C(F)(F)F)c3)c(C(C)C)ccc2[cH-]1.CCC(C)c1cc2c(-c3cc(C(F)(F)F)cc(C(F)(F)F)c3)c(C(C)C)ccc2[cH-]1.[Cl][Zr][Cl].[c-]1cccc2c1[Si]c1ccccc1-2. The Hall–Kier alpha value is -4.62. The Morgan fingerprint density at radius 2 is 0.868 bits per heavy atom. The van der Waals surface area contributed by atoms with Gasteiger partial charge >= 0.3 is 62.6 Å². The molecule has 0 N–H and O–H groups in total. The molecule has 1 aliphatic heterocycles. The molecule has 0 saturated heterocycles. The second-order valence-electron chi connectivity index (χ2n) is 19.4. The third kappa shape index (κ3) is 14.2. The molecule has 2 atom stereocenters. The van der Waals surface area contributed by atoms with Gasteiger partial charge < -0.3 is 0 Å². The van der Waals surface area contributed by atoms with Crippen LogP contribution in [0.4, 0.5) is 52.7 Å². The number of halogens is 14. The molecule has 0 aromatic heterocycles. The van der Waals surface area contributed by atoms with Gasteiger partial charge in [0.2, 0.25) is 0 Å². The molecule has 16 heteroatoms. The molecule has 0 nitrogen and oxygen atoms in total. The summed E-state index contributed by atoms with van der Waals surface area (Å²) in [6.07, 6.45) is -17.8. The van der Waals surface area contributed by atoms with E-state index in [1.807, 2.05) is 97.9 Å². The third-order valence-electron chi connectivity index (χ3n) is 13.6. The zero-order valence-electron chi connectivity index (χ0n) is 42.6. The van der Waals surface area contributed by atoms with Crippen LogP contribution in [-0.2, 0) is 45.6 Å². The van der Waals surface area contributed by atoms with E-state index in [-0.39, 0.29) is 46.9 Å². The van der Waals surface area contributed by atoms with Crippen molar-refractivity contribution in [3.8, 4) is 33.4 Å². The summed E-state index contributed by atoms with van der Waals surface area (Å²) in [5.41, 5.74) is 1.82. The van der Waals surface area contributed by atoms with Crippen LogP contribution in [0.25, 0.3) is 54.9 Å². The van der Waals surface area contributed by atoms with Gasteiger partial charge in [0.1, 0.15) is 0 Å². The molecule has 2 unspecified atom stereocenters. The minimum Gasteiger partial charge on any atom is -0.184 e. The number of alkyl halides is 12. The van der Waals surface area contributed by atoms with Gasteiger partial charge in [0.05, 0.1) is 31.8 Å². The first-order chi connectivity index (χ1) is 35.5. The van der Waals surface area contributed by atoms with Gasteiger partial charge in [-0.1, -0.05) is 126 Å². The van der Waals surface area contributed by atoms with Crippen molar-refractivity contribution < 1.29 is 73.5 Å². The molecular formula is C60H53Cl2F12SiZr-3. The van der Waals surface area contributed by atoms with E-state index in [2.05, 4.69) is 42.5 Å². The standard InChI is InChI=1S/2C24H23F6.C12H7Si.2ClH.Zr/c2*1-5-14(4)16-8-15-6-7-20(13(2)3)22(21(15)11-16)17-9-18(23(25,26)27)12-19(10-17)24(28,29)30;1-3-7-11-9(5-1)10-6-2-4-8-12(10)13-11;;;/h2*6-14H,5H2,1-4H3;1-7H;2*1H;/q3*-1;;;+2/p-2. The van der Waals surface area contributed by atoms with Gasteiger partial charge in [-0.25, -0.2) is 0 Å². The van der Waals surface area contributed by atoms with Gasteiger partial charge in [-0.2, -0.15) is 94.3 Å². The molecular weight excluding hydrogens is 1140 g/mol. The summed E-state index contributed by atoms with van der Waals surface area (Å²) >= 11 is -0.826. The molecule has 0 spiro atoms. The summed E-state index contributed by atoms with van der Waals surface area (Å²) in [4.78, 5) is 0. The summed E-state index contributed by atoms with van der Waals surface area (Å²) in [5.74, 6) is 0.324. The maximum atomic E-state index is 13.4. The van der Waals surface area contributed by atoms with Gasteiger partial charge in [-0.3, -0.25) is 0 Å². The van der Waals surface area contributed by atoms with Crippen molar-refractivity contribution in [2.45, 2.75) is 117 Å². The second kappa shape index (κ2) is 24.6. The van der Waals surface area contributed by atoms with E-state index in [0.717, 1.165) is 79.7 Å². The van der Waals surface area contributed by atoms with E-state index in [1.54, 1.807) is 12.1 Å². The molecule has 0 fully saturated rings. The first-order valence-corrected chi connectivity index (χ1v) is 31.7. The van der Waals surface area contributed by atoms with Crippen molar-refractivity contribution in [1.29, 1.82) is 0 Å². The maximum Gasteiger partial charge on any atom is 0.0920 e. The molecule has 0 bridgehead atoms. The van der Waals surface area contributed by atoms with Crippen LogP contribution < -0.4 is 10.4 Å². The Morgan fingerprint density at radius 3 is 1.22 bits per heavy atom. The Balaban J connectivity index is 0.000000192. The third-order valence-corrected chi connectivity index (χ3v) is 15.0. The van der Waals surface area contributed by atoms with Crippen LogP contribution in [0.2, 0.25) is 0 Å². The van der Waals surface area contributed by atoms with E-state index in [4.69, 9.17) is 17.0 Å². The number of rotatable bonds is 8. The Morgan fingerprint density at radius 1 is 0.500 bits per heavy atom. The van der Waals surface area contributed by atoms with Crippen LogP contribution in [0.15, 0.2) is 127 Å². The van der Waals surface area contributed by atoms with Gasteiger partial charge in [0, 0.05) is 0 Å². The first-order valence-electron chi connectivity index (χ1n) is 24.4. The average Bonchev–Trinajstić information content (AvgIpc) is 4.11. The summed E-state index contributed by atoms with van der Waals surface area (Å²) in [6, 6.07) is 36.9. The van der Waals surface area contributed by atoms with Crippen LogP contribution in [0.3, 0.4) is 0 Å². The number of benzene rings is 6. The van der Waals surface area contributed by atoms with E-state index in [1.165, 1.54) is 21.5 Å². The van der Waals surface area contributed by atoms with Crippen LogP contribution in [0, 0.1) is 6.07 Å². The molecule has 76 heavy (non-hydrogen) atoms. The number of hydrogen-bond donors (Lipinski definition) is 0. The van der Waals surface area contributed by atoms with Crippen LogP contribution in [-0.4, -0.2) is 9.52 Å². The quantitative estimate of drug-likeness (QED) is 0.0808. The molecule has 1 aliphatic rings. The summed E-state index contributed by atoms with van der Waals surface area (Å²) in [6.45, 7) is 15.7. The Labute approximate surface area is 457 Å². The van der Waals surface area contributed by atoms with Crippen LogP contribution in [0.1, 0.15) is 136 Å². The van der Waals surface area contributed by atoms with Crippen molar-refractivity contribution in [2.24, 2.45) is 0 Å². The Kier molecular flexibility index (Phi) is 19.6.